The minimum atomic E-state index is -3.32. The van der Waals surface area contributed by atoms with Gasteiger partial charge in [0, 0.05) is 25.7 Å². The number of ether oxygens (including phenoxy) is 1. The van der Waals surface area contributed by atoms with Crippen molar-refractivity contribution >= 4 is 10.2 Å². The fourth-order valence-electron chi connectivity index (χ4n) is 3.03. The monoisotopic (exact) mass is 319 g/mol. The molecule has 0 aliphatic carbocycles. The molecular weight excluding hydrogens is 290 g/mol. The van der Waals surface area contributed by atoms with Crippen molar-refractivity contribution in [3.05, 3.63) is 0 Å². The first kappa shape index (κ1) is 17.1. The topological polar surface area (TPSA) is 61.9 Å². The molecule has 0 spiro atoms. The van der Waals surface area contributed by atoms with Crippen molar-refractivity contribution in [3.8, 4) is 0 Å². The lowest BCUT2D eigenvalue weighted by Crippen LogP contribution is -2.54. The lowest BCUT2D eigenvalue weighted by atomic mass is 9.98. The molecule has 0 saturated carbocycles. The maximum absolute atomic E-state index is 12.7. The Kier molecular flexibility index (Phi) is 6.43. The Hall–Kier alpha value is -0.210. The number of hydrogen-bond donors (Lipinski definition) is 1. The Morgan fingerprint density at radius 3 is 2.57 bits per heavy atom. The summed E-state index contributed by atoms with van der Waals surface area (Å²) in [6.07, 6.45) is 3.05. The van der Waals surface area contributed by atoms with Crippen LogP contribution in [0.5, 0.6) is 0 Å². The van der Waals surface area contributed by atoms with Crippen LogP contribution < -0.4 is 5.32 Å². The van der Waals surface area contributed by atoms with Crippen LogP contribution in [0.2, 0.25) is 0 Å². The first-order valence-electron chi connectivity index (χ1n) is 8.11. The van der Waals surface area contributed by atoms with E-state index in [1.165, 1.54) is 0 Å². The van der Waals surface area contributed by atoms with Crippen LogP contribution in [0.1, 0.15) is 33.1 Å². The van der Waals surface area contributed by atoms with Gasteiger partial charge >= 0.3 is 0 Å². The van der Waals surface area contributed by atoms with E-state index >= 15 is 0 Å². The summed E-state index contributed by atoms with van der Waals surface area (Å²) in [6, 6.07) is -0.0623. The Morgan fingerprint density at radius 2 is 1.95 bits per heavy atom. The third-order valence-corrected chi connectivity index (χ3v) is 6.52. The van der Waals surface area contributed by atoms with Crippen LogP contribution >= 0.6 is 0 Å². The lowest BCUT2D eigenvalue weighted by molar-refractivity contribution is 0.0356. The second-order valence-electron chi connectivity index (χ2n) is 6.09. The predicted molar refractivity (Wildman–Crippen MR) is 83.4 cm³/mol. The fraction of sp³-hybridized carbons (Fsp3) is 1.00. The lowest BCUT2D eigenvalue weighted by Gasteiger charge is -2.38. The van der Waals surface area contributed by atoms with Crippen molar-refractivity contribution < 1.29 is 13.2 Å². The van der Waals surface area contributed by atoms with Gasteiger partial charge in [-0.25, -0.2) is 0 Å². The highest BCUT2D eigenvalue weighted by Gasteiger charge is 2.36. The van der Waals surface area contributed by atoms with Crippen LogP contribution in [0.25, 0.3) is 0 Å². The highest BCUT2D eigenvalue weighted by Crippen LogP contribution is 2.23. The van der Waals surface area contributed by atoms with Crippen molar-refractivity contribution in [3.63, 3.8) is 0 Å². The molecule has 2 rings (SSSR count). The van der Waals surface area contributed by atoms with Gasteiger partial charge in [0.05, 0.1) is 13.2 Å². The van der Waals surface area contributed by atoms with Gasteiger partial charge in [-0.1, -0.05) is 6.92 Å². The SMILES string of the molecule is CCCNCC1CCN(S(=O)(=O)N2CCOCC2C)CC1. The molecule has 7 heteroatoms. The molecule has 0 amide bonds. The van der Waals surface area contributed by atoms with Crippen LogP contribution in [0.3, 0.4) is 0 Å². The van der Waals surface area contributed by atoms with E-state index < -0.39 is 10.2 Å². The van der Waals surface area contributed by atoms with Crippen molar-refractivity contribution in [2.45, 2.75) is 39.2 Å². The smallest absolute Gasteiger partial charge is 0.282 e. The van der Waals surface area contributed by atoms with E-state index in [9.17, 15) is 8.42 Å². The fourth-order valence-corrected chi connectivity index (χ4v) is 4.82. The first-order chi connectivity index (χ1) is 10.1. The summed E-state index contributed by atoms with van der Waals surface area (Å²) >= 11 is 0. The molecule has 1 atom stereocenters. The molecule has 0 aromatic rings. The van der Waals surface area contributed by atoms with Crippen molar-refractivity contribution in [2.24, 2.45) is 5.92 Å². The van der Waals surface area contributed by atoms with Gasteiger partial charge in [0.2, 0.25) is 0 Å². The molecule has 6 nitrogen and oxygen atoms in total. The molecule has 2 heterocycles. The standard InChI is InChI=1S/C14H29N3O3S/c1-3-6-15-11-14-4-7-16(8-5-14)21(18,19)17-9-10-20-12-13(17)2/h13-15H,3-12H2,1-2H3. The number of morpholine rings is 1. The summed E-state index contributed by atoms with van der Waals surface area (Å²) in [6.45, 7) is 8.89. The molecule has 0 aromatic heterocycles. The van der Waals surface area contributed by atoms with Crippen LogP contribution in [0, 0.1) is 5.92 Å². The maximum atomic E-state index is 12.7. The third kappa shape index (κ3) is 4.39. The molecule has 124 valence electrons. The van der Waals surface area contributed by atoms with Gasteiger partial charge in [-0.2, -0.15) is 17.0 Å². The van der Waals surface area contributed by atoms with E-state index in [2.05, 4.69) is 12.2 Å². The zero-order valence-electron chi connectivity index (χ0n) is 13.3. The number of nitrogens with zero attached hydrogens (tertiary/aromatic N) is 2. The summed E-state index contributed by atoms with van der Waals surface area (Å²) in [5.74, 6) is 0.602. The maximum Gasteiger partial charge on any atom is 0.282 e. The zero-order chi connectivity index (χ0) is 15.3. The van der Waals surface area contributed by atoms with E-state index in [1.807, 2.05) is 6.92 Å². The highest BCUT2D eigenvalue weighted by atomic mass is 32.2. The molecule has 1 N–H and O–H groups in total. The zero-order valence-corrected chi connectivity index (χ0v) is 14.1. The van der Waals surface area contributed by atoms with E-state index in [1.54, 1.807) is 8.61 Å². The number of piperidine rings is 1. The van der Waals surface area contributed by atoms with Crippen LogP contribution in [0.4, 0.5) is 0 Å². The van der Waals surface area contributed by atoms with Gasteiger partial charge in [-0.15, -0.1) is 0 Å². The predicted octanol–water partition coefficient (Wildman–Crippen LogP) is 0.664. The largest absolute Gasteiger partial charge is 0.378 e. The average molecular weight is 319 g/mol. The van der Waals surface area contributed by atoms with Gasteiger partial charge in [0.1, 0.15) is 0 Å². The summed E-state index contributed by atoms with van der Waals surface area (Å²) in [7, 11) is -3.32. The van der Waals surface area contributed by atoms with Crippen molar-refractivity contribution in [1.29, 1.82) is 0 Å². The van der Waals surface area contributed by atoms with Gasteiger partial charge in [-0.3, -0.25) is 0 Å². The summed E-state index contributed by atoms with van der Waals surface area (Å²) in [4.78, 5) is 0. The Balaban J connectivity index is 1.85. The van der Waals surface area contributed by atoms with E-state index in [-0.39, 0.29) is 6.04 Å². The number of hydrogen-bond acceptors (Lipinski definition) is 4. The summed E-state index contributed by atoms with van der Waals surface area (Å²) in [5.41, 5.74) is 0. The Bertz CT molecular complexity index is 408. The van der Waals surface area contributed by atoms with E-state index in [4.69, 9.17) is 4.74 Å². The molecule has 0 aromatic carbocycles. The molecule has 2 fully saturated rings. The number of nitrogens with one attached hydrogen (secondary N) is 1. The second kappa shape index (κ2) is 7.87. The van der Waals surface area contributed by atoms with E-state index in [0.29, 0.717) is 38.8 Å². The molecule has 1 unspecified atom stereocenters. The van der Waals surface area contributed by atoms with Crippen LogP contribution in [-0.4, -0.2) is 69.0 Å². The molecule has 21 heavy (non-hydrogen) atoms. The molecular formula is C14H29N3O3S. The highest BCUT2D eigenvalue weighted by molar-refractivity contribution is 7.86. The molecule has 0 radical (unpaired) electrons. The van der Waals surface area contributed by atoms with Gasteiger partial charge in [0.25, 0.3) is 10.2 Å². The average Bonchev–Trinajstić information content (AvgIpc) is 2.48. The van der Waals surface area contributed by atoms with Gasteiger partial charge < -0.3 is 10.1 Å². The van der Waals surface area contributed by atoms with Gasteiger partial charge in [-0.05, 0) is 45.2 Å². The van der Waals surface area contributed by atoms with Crippen LogP contribution in [-0.2, 0) is 14.9 Å². The molecule has 0 bridgehead atoms. The Labute approximate surface area is 129 Å². The van der Waals surface area contributed by atoms with E-state index in [0.717, 1.165) is 32.4 Å². The quantitative estimate of drug-likeness (QED) is 0.731. The second-order valence-corrected chi connectivity index (χ2v) is 7.97. The third-order valence-electron chi connectivity index (χ3n) is 4.36. The van der Waals surface area contributed by atoms with Crippen molar-refractivity contribution in [2.75, 3.05) is 45.9 Å². The summed E-state index contributed by atoms with van der Waals surface area (Å²) < 4.78 is 34.0. The minimum Gasteiger partial charge on any atom is -0.378 e. The number of rotatable bonds is 6. The molecule has 2 aliphatic rings. The minimum absolute atomic E-state index is 0.0623. The Morgan fingerprint density at radius 1 is 1.24 bits per heavy atom. The van der Waals surface area contributed by atoms with Crippen LogP contribution in [0.15, 0.2) is 0 Å². The summed E-state index contributed by atoms with van der Waals surface area (Å²) in [5, 5.41) is 3.43. The molecule has 2 aliphatic heterocycles. The normalized spacial score (nSPS) is 27.0. The van der Waals surface area contributed by atoms with Gasteiger partial charge in [0.15, 0.2) is 0 Å². The molecule has 2 saturated heterocycles. The first-order valence-corrected chi connectivity index (χ1v) is 9.50. The van der Waals surface area contributed by atoms with Crippen molar-refractivity contribution in [1.82, 2.24) is 13.9 Å².